The molecule has 1 N–H and O–H groups in total. The first kappa shape index (κ1) is 10.9. The van der Waals surface area contributed by atoms with Crippen LogP contribution in [-0.2, 0) is 4.74 Å². The topological polar surface area (TPSA) is 29.5 Å². The van der Waals surface area contributed by atoms with E-state index in [0.717, 1.165) is 6.42 Å². The van der Waals surface area contributed by atoms with Gasteiger partial charge in [0.2, 0.25) is 0 Å². The molecule has 6 heteroatoms. The fraction of sp³-hybridized carbons (Fsp3) is 1.00. The quantitative estimate of drug-likeness (QED) is 0.257. The Kier molecular flexibility index (Phi) is 2.32. The summed E-state index contributed by atoms with van der Waals surface area (Å²) in [7, 11) is 5.81. The molecule has 2 aliphatic carbocycles. The zero-order valence-electron chi connectivity index (χ0n) is 7.23. The molecule has 2 saturated carbocycles. The average Bonchev–Trinajstić information content (AvgIpc) is 2.39. The van der Waals surface area contributed by atoms with Crippen LogP contribution in [0.25, 0.3) is 0 Å². The Labute approximate surface area is 117 Å². The van der Waals surface area contributed by atoms with E-state index in [2.05, 4.69) is 57.8 Å². The fourth-order valence-electron chi connectivity index (χ4n) is 2.93. The van der Waals surface area contributed by atoms with Gasteiger partial charge >= 0.3 is 0 Å². The van der Waals surface area contributed by atoms with Crippen LogP contribution in [0, 0.1) is 5.92 Å². The number of halogens is 2. The Morgan fingerprint density at radius 1 is 1.50 bits per heavy atom. The summed E-state index contributed by atoms with van der Waals surface area (Å²) in [6, 6.07) is -0.188. The number of rotatable bonds is 0. The molecule has 3 aliphatic rings. The number of thiol groups is 1. The Bertz CT molecular complexity index is 307. The molecular formula is C8H9BI2O2S. The van der Waals surface area contributed by atoms with Crippen LogP contribution in [-0.4, -0.2) is 43.3 Å². The van der Waals surface area contributed by atoms with Crippen molar-refractivity contribution in [3.63, 3.8) is 0 Å². The summed E-state index contributed by atoms with van der Waals surface area (Å²) in [4.78, 5) is 0. The van der Waals surface area contributed by atoms with Gasteiger partial charge in [0.1, 0.15) is 7.85 Å². The van der Waals surface area contributed by atoms with Gasteiger partial charge in [-0.2, -0.15) is 12.6 Å². The minimum Gasteiger partial charge on any atom is -0.391 e. The first-order valence-electron chi connectivity index (χ1n) is 4.57. The van der Waals surface area contributed by atoms with Crippen molar-refractivity contribution < 1.29 is 9.84 Å². The fourth-order valence-corrected chi connectivity index (χ4v) is 7.55. The van der Waals surface area contributed by atoms with Gasteiger partial charge in [-0.1, -0.05) is 45.2 Å². The lowest BCUT2D eigenvalue weighted by molar-refractivity contribution is 0.0706. The molecule has 3 fully saturated rings. The maximum Gasteiger partial charge on any atom is 0.109 e. The van der Waals surface area contributed by atoms with Gasteiger partial charge in [-0.05, 0) is 6.42 Å². The first-order valence-corrected chi connectivity index (χ1v) is 7.24. The van der Waals surface area contributed by atoms with Crippen LogP contribution in [0.4, 0.5) is 0 Å². The van der Waals surface area contributed by atoms with Crippen molar-refractivity contribution in [1.82, 2.24) is 0 Å². The van der Waals surface area contributed by atoms with Crippen LogP contribution in [0.2, 0.25) is 0 Å². The molecule has 2 radical (unpaired) electrons. The van der Waals surface area contributed by atoms with Crippen LogP contribution in [0.1, 0.15) is 6.42 Å². The molecule has 3 rings (SSSR count). The average molecular weight is 434 g/mol. The minimum atomic E-state index is -0.260. The van der Waals surface area contributed by atoms with Crippen LogP contribution in [0.15, 0.2) is 0 Å². The summed E-state index contributed by atoms with van der Waals surface area (Å²) in [5.41, 5.74) is 0. The van der Waals surface area contributed by atoms with Gasteiger partial charge in [0.25, 0.3) is 0 Å². The van der Waals surface area contributed by atoms with Gasteiger partial charge in [-0.3, -0.25) is 0 Å². The van der Waals surface area contributed by atoms with E-state index in [1.54, 1.807) is 0 Å². The molecule has 1 aliphatic heterocycles. The van der Waals surface area contributed by atoms with Gasteiger partial charge < -0.3 is 9.84 Å². The van der Waals surface area contributed by atoms with Gasteiger partial charge in [0, 0.05) is 17.2 Å². The number of hydrogen-bond acceptors (Lipinski definition) is 3. The lowest BCUT2D eigenvalue weighted by Gasteiger charge is -2.30. The monoisotopic (exact) mass is 434 g/mol. The molecule has 2 nitrogen and oxygen atoms in total. The van der Waals surface area contributed by atoms with E-state index in [1.807, 2.05) is 0 Å². The molecule has 1 heterocycles. The Morgan fingerprint density at radius 2 is 2.14 bits per heavy atom. The standard InChI is InChI=1S/C8H9BI2O2S/c9-2-1-7(10)5(14)3-4(12)8(3,11)6(7)13-2/h2-6,12,14H,1H2/t2-,3-,4+,5-,6-,7+,8-/m0/s1. The second-order valence-electron chi connectivity index (χ2n) is 4.43. The Hall–Kier alpha value is 1.79. The highest BCUT2D eigenvalue weighted by Gasteiger charge is 2.82. The number of aliphatic hydroxyl groups excluding tert-OH is 1. The first-order chi connectivity index (χ1) is 6.42. The van der Waals surface area contributed by atoms with E-state index in [0.29, 0.717) is 0 Å². The van der Waals surface area contributed by atoms with Gasteiger partial charge in [-0.25, -0.2) is 0 Å². The van der Waals surface area contributed by atoms with Crippen molar-refractivity contribution >= 4 is 65.7 Å². The van der Waals surface area contributed by atoms with Crippen molar-refractivity contribution in [2.24, 2.45) is 5.92 Å². The van der Waals surface area contributed by atoms with E-state index in [4.69, 9.17) is 12.6 Å². The summed E-state index contributed by atoms with van der Waals surface area (Å²) in [6.45, 7) is 0. The van der Waals surface area contributed by atoms with Crippen molar-refractivity contribution in [2.45, 2.75) is 36.7 Å². The number of ether oxygens (including phenoxy) is 1. The molecule has 0 unspecified atom stereocenters. The molecule has 0 aromatic carbocycles. The highest BCUT2D eigenvalue weighted by molar-refractivity contribution is 14.1. The Morgan fingerprint density at radius 3 is 2.79 bits per heavy atom. The highest BCUT2D eigenvalue weighted by atomic mass is 127. The third kappa shape index (κ3) is 1.03. The smallest absolute Gasteiger partial charge is 0.109 e. The maximum absolute atomic E-state index is 9.84. The molecule has 0 aromatic heterocycles. The maximum atomic E-state index is 9.84. The minimum absolute atomic E-state index is 0.0192. The third-order valence-corrected chi connectivity index (χ3v) is 8.56. The van der Waals surface area contributed by atoms with E-state index in [9.17, 15) is 5.11 Å². The zero-order chi connectivity index (χ0) is 10.3. The molecule has 14 heavy (non-hydrogen) atoms. The molecule has 0 bridgehead atoms. The van der Waals surface area contributed by atoms with Gasteiger partial charge in [-0.15, -0.1) is 0 Å². The van der Waals surface area contributed by atoms with Crippen molar-refractivity contribution in [3.8, 4) is 0 Å². The SMILES string of the molecule is [B][C@@H]1C[C@@]2(I)[C@@H](S)[C@@H]3[C@@H](O)[C@]3(I)[C@H]2O1. The van der Waals surface area contributed by atoms with Gasteiger partial charge in [0.15, 0.2) is 0 Å². The molecule has 7 atom stereocenters. The summed E-state index contributed by atoms with van der Waals surface area (Å²) in [5, 5.41) is 10.0. The normalized spacial score (nSPS) is 70.4. The van der Waals surface area contributed by atoms with E-state index < -0.39 is 0 Å². The highest BCUT2D eigenvalue weighted by Crippen LogP contribution is 2.72. The largest absolute Gasteiger partial charge is 0.391 e. The van der Waals surface area contributed by atoms with Crippen molar-refractivity contribution in [3.05, 3.63) is 0 Å². The third-order valence-electron chi connectivity index (χ3n) is 3.69. The summed E-state index contributed by atoms with van der Waals surface area (Å²) >= 11 is 9.40. The Balaban J connectivity index is 2.01. The predicted molar refractivity (Wildman–Crippen MR) is 74.8 cm³/mol. The summed E-state index contributed by atoms with van der Waals surface area (Å²) < 4.78 is 5.63. The second-order valence-corrected chi connectivity index (χ2v) is 8.86. The lowest BCUT2D eigenvalue weighted by Crippen LogP contribution is -2.42. The van der Waals surface area contributed by atoms with Crippen molar-refractivity contribution in [2.75, 3.05) is 0 Å². The zero-order valence-corrected chi connectivity index (χ0v) is 12.4. The number of fused-ring (bicyclic) bond motifs is 3. The van der Waals surface area contributed by atoms with E-state index in [1.165, 1.54) is 0 Å². The van der Waals surface area contributed by atoms with E-state index >= 15 is 0 Å². The second kappa shape index (κ2) is 2.97. The predicted octanol–water partition coefficient (Wildman–Crippen LogP) is 0.920. The van der Waals surface area contributed by atoms with E-state index in [-0.39, 0.29) is 36.2 Å². The molecule has 76 valence electrons. The molecule has 1 saturated heterocycles. The van der Waals surface area contributed by atoms with Crippen molar-refractivity contribution in [1.29, 1.82) is 0 Å². The lowest BCUT2D eigenvalue weighted by atomic mass is 9.89. The number of alkyl halides is 2. The van der Waals surface area contributed by atoms with Crippen LogP contribution in [0.3, 0.4) is 0 Å². The molecule has 0 aromatic rings. The van der Waals surface area contributed by atoms with Gasteiger partial charge in [0.05, 0.1) is 19.1 Å². The van der Waals surface area contributed by atoms with Crippen LogP contribution >= 0.6 is 57.8 Å². The van der Waals surface area contributed by atoms with Crippen LogP contribution < -0.4 is 0 Å². The summed E-state index contributed by atoms with van der Waals surface area (Å²) in [6.07, 6.45) is 0.651. The molecule has 0 amide bonds. The van der Waals surface area contributed by atoms with Crippen LogP contribution in [0.5, 0.6) is 0 Å². The number of hydrogen-bond donors (Lipinski definition) is 2. The molecule has 0 spiro atoms. The summed E-state index contributed by atoms with van der Waals surface area (Å²) in [5.74, 6) is 0.279. The molecular weight excluding hydrogens is 425 g/mol. The number of aliphatic hydroxyl groups is 1.